The van der Waals surface area contributed by atoms with Gasteiger partial charge in [-0.25, -0.2) is 0 Å². The van der Waals surface area contributed by atoms with E-state index in [-0.39, 0.29) is 0 Å². The van der Waals surface area contributed by atoms with Crippen molar-refractivity contribution in [1.29, 1.82) is 0 Å². The van der Waals surface area contributed by atoms with Crippen LogP contribution >= 0.6 is 0 Å². The van der Waals surface area contributed by atoms with E-state index < -0.39 is 0 Å². The van der Waals surface area contributed by atoms with Crippen LogP contribution in [0.5, 0.6) is 0 Å². The van der Waals surface area contributed by atoms with Gasteiger partial charge in [0.1, 0.15) is 0 Å². The average molecular weight is 185 g/mol. The van der Waals surface area contributed by atoms with Crippen LogP contribution in [0.15, 0.2) is 43.2 Å². The molecule has 4 nitrogen and oxygen atoms in total. The maximum absolute atomic E-state index is 4.15. The third-order valence-electron chi connectivity index (χ3n) is 2.26. The molecule has 0 atom stereocenters. The van der Waals surface area contributed by atoms with Crippen molar-refractivity contribution in [1.82, 2.24) is 9.90 Å². The molecule has 1 aliphatic heterocycles. The molecule has 0 saturated carbocycles. The van der Waals surface area contributed by atoms with Gasteiger partial charge in [-0.1, -0.05) is 12.1 Å². The molecule has 1 aliphatic rings. The maximum Gasteiger partial charge on any atom is 0.207 e. The number of anilines is 1. The Balaban J connectivity index is 2.34. The normalized spacial score (nSPS) is 13.0. The topological polar surface area (TPSA) is 33.7 Å². The molecular weight excluding hydrogens is 176 g/mol. The number of hydrogen-bond donors (Lipinski definition) is 1. The van der Waals surface area contributed by atoms with Gasteiger partial charge in [-0.2, -0.15) is 0 Å². The Morgan fingerprint density at radius 1 is 1.36 bits per heavy atom. The average Bonchev–Trinajstić information content (AvgIpc) is 2.67. The molecule has 3 rings (SSSR count). The van der Waals surface area contributed by atoms with E-state index in [1.54, 1.807) is 11.0 Å². The van der Waals surface area contributed by atoms with Crippen LogP contribution in [-0.4, -0.2) is 9.90 Å². The lowest BCUT2D eigenvalue weighted by Crippen LogP contribution is -2.45. The Kier molecular flexibility index (Phi) is 1.28. The summed E-state index contributed by atoms with van der Waals surface area (Å²) in [6.45, 7) is 3.90. The minimum Gasteiger partial charge on any atom is -0.332 e. The Labute approximate surface area is 81.1 Å². The molecule has 0 bridgehead atoms. The quantitative estimate of drug-likeness (QED) is 0.621. The van der Waals surface area contributed by atoms with Crippen LogP contribution in [0.3, 0.4) is 0 Å². The fraction of sp³-hybridized carbons (Fsp3) is 0. The standard InChI is InChI=1S/C10H9N4/c1-8-12-9-4-2-3-5-10(9)13-7-6-11-14(8)13/h2-7,12H,1H2/q+1. The summed E-state index contributed by atoms with van der Waals surface area (Å²) >= 11 is 0. The molecule has 0 amide bonds. The first-order valence-electron chi connectivity index (χ1n) is 4.38. The summed E-state index contributed by atoms with van der Waals surface area (Å²) < 4.78 is 1.95. The monoisotopic (exact) mass is 185 g/mol. The van der Waals surface area contributed by atoms with Crippen molar-refractivity contribution in [2.75, 3.05) is 5.32 Å². The Morgan fingerprint density at radius 3 is 3.14 bits per heavy atom. The van der Waals surface area contributed by atoms with Crippen molar-refractivity contribution in [3.05, 3.63) is 43.2 Å². The van der Waals surface area contributed by atoms with Gasteiger partial charge >= 0.3 is 0 Å². The number of para-hydroxylation sites is 2. The highest BCUT2D eigenvalue weighted by molar-refractivity contribution is 5.69. The fourth-order valence-electron chi connectivity index (χ4n) is 1.64. The van der Waals surface area contributed by atoms with E-state index in [1.807, 2.05) is 35.1 Å². The highest BCUT2D eigenvalue weighted by atomic mass is 15.6. The van der Waals surface area contributed by atoms with Crippen LogP contribution in [0.4, 0.5) is 5.69 Å². The Morgan fingerprint density at radius 2 is 2.21 bits per heavy atom. The van der Waals surface area contributed by atoms with Gasteiger partial charge in [0, 0.05) is 9.90 Å². The summed E-state index contributed by atoms with van der Waals surface area (Å²) in [6.07, 6.45) is 3.65. The molecule has 1 aromatic carbocycles. The number of benzene rings is 1. The second-order valence-electron chi connectivity index (χ2n) is 3.14. The van der Waals surface area contributed by atoms with Crippen LogP contribution < -0.4 is 10.00 Å². The van der Waals surface area contributed by atoms with Gasteiger partial charge in [0.15, 0.2) is 17.7 Å². The molecule has 2 heterocycles. The van der Waals surface area contributed by atoms with Gasteiger partial charge in [-0.3, -0.25) is 0 Å². The van der Waals surface area contributed by atoms with Crippen molar-refractivity contribution < 1.29 is 4.68 Å². The van der Waals surface area contributed by atoms with Gasteiger partial charge in [0.05, 0.1) is 5.69 Å². The van der Waals surface area contributed by atoms with E-state index in [2.05, 4.69) is 17.0 Å². The first-order valence-corrected chi connectivity index (χ1v) is 4.38. The van der Waals surface area contributed by atoms with Gasteiger partial charge < -0.3 is 5.32 Å². The van der Waals surface area contributed by atoms with E-state index in [9.17, 15) is 0 Å². The van der Waals surface area contributed by atoms with E-state index in [4.69, 9.17) is 0 Å². The molecule has 4 heteroatoms. The van der Waals surface area contributed by atoms with Gasteiger partial charge in [0.25, 0.3) is 0 Å². The van der Waals surface area contributed by atoms with Crippen molar-refractivity contribution in [3.63, 3.8) is 0 Å². The number of nitrogens with one attached hydrogen (secondary N) is 1. The Bertz CT molecular complexity index is 512. The molecule has 1 aromatic heterocycles. The molecular formula is C10H9N4+. The summed E-state index contributed by atoms with van der Waals surface area (Å²) in [5, 5.41) is 7.34. The van der Waals surface area contributed by atoms with Crippen molar-refractivity contribution in [3.8, 4) is 5.69 Å². The fourth-order valence-corrected chi connectivity index (χ4v) is 1.64. The van der Waals surface area contributed by atoms with Crippen molar-refractivity contribution >= 4 is 11.5 Å². The number of nitrogens with zero attached hydrogens (tertiary/aromatic N) is 3. The van der Waals surface area contributed by atoms with Crippen molar-refractivity contribution in [2.24, 2.45) is 0 Å². The van der Waals surface area contributed by atoms with E-state index in [0.29, 0.717) is 0 Å². The molecule has 0 fully saturated rings. The number of hydrogen-bond acceptors (Lipinski definition) is 2. The summed E-state index contributed by atoms with van der Waals surface area (Å²) in [5.74, 6) is 0.758. The molecule has 2 aromatic rings. The molecule has 14 heavy (non-hydrogen) atoms. The lowest BCUT2D eigenvalue weighted by Gasteiger charge is -2.15. The molecule has 0 radical (unpaired) electrons. The third kappa shape index (κ3) is 0.821. The Hall–Kier alpha value is -2.10. The lowest BCUT2D eigenvalue weighted by molar-refractivity contribution is -0.678. The lowest BCUT2D eigenvalue weighted by atomic mass is 10.2. The predicted molar refractivity (Wildman–Crippen MR) is 52.7 cm³/mol. The molecule has 0 spiro atoms. The number of rotatable bonds is 0. The third-order valence-corrected chi connectivity index (χ3v) is 2.26. The summed E-state index contributed by atoms with van der Waals surface area (Å²) in [4.78, 5) is 1.72. The smallest absolute Gasteiger partial charge is 0.207 e. The van der Waals surface area contributed by atoms with Gasteiger partial charge in [0.2, 0.25) is 6.20 Å². The molecule has 0 aliphatic carbocycles. The minimum absolute atomic E-state index is 0.758. The zero-order chi connectivity index (χ0) is 9.54. The molecule has 0 saturated heterocycles. The van der Waals surface area contributed by atoms with Gasteiger partial charge in [-0.15, -0.1) is 4.68 Å². The summed E-state index contributed by atoms with van der Waals surface area (Å²) in [6, 6.07) is 8.04. The predicted octanol–water partition coefficient (Wildman–Crippen LogP) is 1.01. The van der Waals surface area contributed by atoms with Gasteiger partial charge in [-0.05, 0) is 18.7 Å². The second-order valence-corrected chi connectivity index (χ2v) is 3.14. The first kappa shape index (κ1) is 7.32. The first-order chi connectivity index (χ1) is 6.86. The van der Waals surface area contributed by atoms with Crippen LogP contribution in [0.1, 0.15) is 0 Å². The van der Waals surface area contributed by atoms with E-state index in [1.165, 1.54) is 0 Å². The number of aromatic nitrogens is 3. The van der Waals surface area contributed by atoms with Crippen LogP contribution in [0.2, 0.25) is 0 Å². The molecule has 0 unspecified atom stereocenters. The maximum atomic E-state index is 4.15. The SMILES string of the molecule is C=C1Nc2ccccc2-[n+]2ccnn21. The molecule has 1 N–H and O–H groups in total. The zero-order valence-corrected chi connectivity index (χ0v) is 7.51. The second kappa shape index (κ2) is 2.45. The van der Waals surface area contributed by atoms with Crippen LogP contribution in [0, 0.1) is 0 Å². The summed E-state index contributed by atoms with van der Waals surface area (Å²) in [5.41, 5.74) is 2.13. The minimum atomic E-state index is 0.758. The van der Waals surface area contributed by atoms with Crippen LogP contribution in [0.25, 0.3) is 11.5 Å². The largest absolute Gasteiger partial charge is 0.332 e. The van der Waals surface area contributed by atoms with Crippen LogP contribution in [-0.2, 0) is 0 Å². The van der Waals surface area contributed by atoms with E-state index in [0.717, 1.165) is 17.2 Å². The zero-order valence-electron chi connectivity index (χ0n) is 7.51. The highest BCUT2D eigenvalue weighted by Gasteiger charge is 2.23. The molecule has 68 valence electrons. The number of fused-ring (bicyclic) bond motifs is 3. The van der Waals surface area contributed by atoms with Crippen molar-refractivity contribution in [2.45, 2.75) is 0 Å². The summed E-state index contributed by atoms with van der Waals surface area (Å²) in [7, 11) is 0. The highest BCUT2D eigenvalue weighted by Crippen LogP contribution is 2.20. The van der Waals surface area contributed by atoms with E-state index >= 15 is 0 Å².